The summed E-state index contributed by atoms with van der Waals surface area (Å²) in [7, 11) is 0. The van der Waals surface area contributed by atoms with Crippen LogP contribution >= 0.6 is 0 Å². The molecule has 38 heavy (non-hydrogen) atoms. The summed E-state index contributed by atoms with van der Waals surface area (Å²) in [4.78, 5) is 40.1. The van der Waals surface area contributed by atoms with E-state index in [0.29, 0.717) is 11.1 Å². The molecule has 0 bridgehead atoms. The Morgan fingerprint density at radius 2 is 1.82 bits per heavy atom. The van der Waals surface area contributed by atoms with Crippen molar-refractivity contribution < 1.29 is 34.8 Å². The van der Waals surface area contributed by atoms with Crippen LogP contribution in [0.1, 0.15) is 75.9 Å². The molecule has 0 amide bonds. The van der Waals surface area contributed by atoms with E-state index in [4.69, 9.17) is 0 Å². The smallest absolute Gasteiger partial charge is 0.209 e. The monoisotopic (exact) mass is 520 g/mol. The van der Waals surface area contributed by atoms with Crippen LogP contribution in [0.3, 0.4) is 0 Å². The Morgan fingerprint density at radius 1 is 1.18 bits per heavy atom. The number of aliphatic hydroxyl groups excluding tert-OH is 2. The molecule has 3 aliphatic carbocycles. The Hall–Kier alpha value is -3.45. The highest BCUT2D eigenvalue weighted by atomic mass is 16.3. The van der Waals surface area contributed by atoms with E-state index in [1.54, 1.807) is 19.9 Å². The number of phenols is 1. The number of Topliss-reactive ketones (excluding diaryl/α,β-unsaturated/α-hetero) is 3. The molecule has 3 aliphatic rings. The largest absolute Gasteiger partial charge is 0.511 e. The molecule has 1 aromatic rings. The molecule has 4 atom stereocenters. The number of benzene rings is 1. The van der Waals surface area contributed by atoms with E-state index in [1.165, 1.54) is 6.07 Å². The van der Waals surface area contributed by atoms with Crippen molar-refractivity contribution in [3.63, 3.8) is 0 Å². The topological polar surface area (TPSA) is 132 Å². The molecule has 1 aromatic carbocycles. The molecule has 7 heteroatoms. The fourth-order valence-corrected chi connectivity index (χ4v) is 7.24. The summed E-state index contributed by atoms with van der Waals surface area (Å²) in [6.07, 6.45) is 4.73. The summed E-state index contributed by atoms with van der Waals surface area (Å²) < 4.78 is 0. The molecular weight excluding hydrogens is 484 g/mol. The van der Waals surface area contributed by atoms with Crippen molar-refractivity contribution in [2.45, 2.75) is 66.4 Å². The van der Waals surface area contributed by atoms with Gasteiger partial charge < -0.3 is 20.4 Å². The SMILES string of the molecule is C=C(/C=C/c1ccc(O)c2c1C[C@]1(C)C[C@]3(C)C(C(C)C)C(O)=C(C(C)=O)C(=O)[C@]3(O)C(O)=C1C2=O)CC. The van der Waals surface area contributed by atoms with E-state index < -0.39 is 56.8 Å². The van der Waals surface area contributed by atoms with Crippen molar-refractivity contribution in [3.8, 4) is 5.75 Å². The minimum Gasteiger partial charge on any atom is -0.511 e. The van der Waals surface area contributed by atoms with Crippen LogP contribution in [0.2, 0.25) is 0 Å². The molecule has 0 saturated heterocycles. The molecule has 4 N–H and O–H groups in total. The summed E-state index contributed by atoms with van der Waals surface area (Å²) in [5.41, 5.74) is -3.60. The highest BCUT2D eigenvalue weighted by Gasteiger charge is 2.71. The van der Waals surface area contributed by atoms with Gasteiger partial charge in [0.1, 0.15) is 22.8 Å². The third kappa shape index (κ3) is 3.48. The number of aromatic hydroxyl groups is 1. The minimum absolute atomic E-state index is 0.00865. The van der Waals surface area contributed by atoms with E-state index in [-0.39, 0.29) is 35.6 Å². The summed E-state index contributed by atoms with van der Waals surface area (Å²) in [5.74, 6) is -5.18. The fourth-order valence-electron chi connectivity index (χ4n) is 7.24. The number of carbonyl (C=O) groups is 3. The lowest BCUT2D eigenvalue weighted by Gasteiger charge is -2.59. The number of rotatable bonds is 5. The number of allylic oxidation sites excluding steroid dienone is 4. The molecule has 202 valence electrons. The number of aliphatic hydroxyl groups is 3. The Balaban J connectivity index is 2.03. The van der Waals surface area contributed by atoms with Gasteiger partial charge in [-0.05, 0) is 49.3 Å². The van der Waals surface area contributed by atoms with Crippen LogP contribution in [-0.2, 0) is 16.0 Å². The molecule has 7 nitrogen and oxygen atoms in total. The van der Waals surface area contributed by atoms with Gasteiger partial charge in [-0.1, -0.05) is 65.0 Å². The number of ketones is 3. The van der Waals surface area contributed by atoms with Crippen molar-refractivity contribution >= 4 is 23.4 Å². The van der Waals surface area contributed by atoms with Crippen molar-refractivity contribution in [2.75, 3.05) is 0 Å². The highest BCUT2D eigenvalue weighted by molar-refractivity contribution is 6.25. The Kier molecular flexibility index (Phi) is 6.39. The van der Waals surface area contributed by atoms with Gasteiger partial charge in [-0.3, -0.25) is 14.4 Å². The lowest BCUT2D eigenvalue weighted by atomic mass is 9.44. The van der Waals surface area contributed by atoms with E-state index in [9.17, 15) is 34.8 Å². The van der Waals surface area contributed by atoms with Crippen molar-refractivity contribution in [1.29, 1.82) is 0 Å². The molecule has 0 saturated carbocycles. The number of fused-ring (bicyclic) bond motifs is 3. The standard InChI is InChI=1S/C31H36O7/c1-8-16(4)9-10-18-11-12-20(33)22-19(18)13-29(6)14-30(7)23(15(2)3)25(34)21(17(5)32)27(36)31(30,38)28(37)24(29)26(22)35/h9-12,15,23,33-34,37-38H,4,8,13-14H2,1-3,5-7H3/b10-9+/t23?,29-,30-,31+/m1/s1. The quantitative estimate of drug-likeness (QED) is 0.305. The Labute approximate surface area is 222 Å². The van der Waals surface area contributed by atoms with Gasteiger partial charge >= 0.3 is 0 Å². The van der Waals surface area contributed by atoms with Gasteiger partial charge in [-0.15, -0.1) is 0 Å². The predicted octanol–water partition coefficient (Wildman–Crippen LogP) is 5.33. The number of hydrogen-bond donors (Lipinski definition) is 4. The average Bonchev–Trinajstić information content (AvgIpc) is 2.80. The molecule has 4 rings (SSSR count). The van der Waals surface area contributed by atoms with Crippen LogP contribution in [0.25, 0.3) is 6.08 Å². The Morgan fingerprint density at radius 3 is 2.37 bits per heavy atom. The number of hydrogen-bond acceptors (Lipinski definition) is 7. The van der Waals surface area contributed by atoms with Crippen LogP contribution < -0.4 is 0 Å². The average molecular weight is 521 g/mol. The normalized spacial score (nSPS) is 31.0. The maximum Gasteiger partial charge on any atom is 0.209 e. The van der Waals surface area contributed by atoms with Crippen LogP contribution in [0, 0.1) is 22.7 Å². The number of phenolic OH excluding ortho intramolecular Hbond substituents is 1. The summed E-state index contributed by atoms with van der Waals surface area (Å²) >= 11 is 0. The van der Waals surface area contributed by atoms with Crippen molar-refractivity contribution in [3.05, 3.63) is 69.7 Å². The molecule has 0 aliphatic heterocycles. The first-order chi connectivity index (χ1) is 17.6. The van der Waals surface area contributed by atoms with Gasteiger partial charge in [0.2, 0.25) is 5.78 Å². The van der Waals surface area contributed by atoms with E-state index in [1.807, 2.05) is 32.9 Å². The van der Waals surface area contributed by atoms with Crippen LogP contribution in [0.4, 0.5) is 0 Å². The highest BCUT2D eigenvalue weighted by Crippen LogP contribution is 2.65. The van der Waals surface area contributed by atoms with Gasteiger partial charge in [0, 0.05) is 22.3 Å². The molecule has 0 heterocycles. The summed E-state index contributed by atoms with van der Waals surface area (Å²) in [6.45, 7) is 14.1. The third-order valence-electron chi connectivity index (χ3n) is 8.88. The van der Waals surface area contributed by atoms with Crippen molar-refractivity contribution in [1.82, 2.24) is 0 Å². The third-order valence-corrected chi connectivity index (χ3v) is 8.88. The second-order valence-corrected chi connectivity index (χ2v) is 11.8. The molecule has 0 fully saturated rings. The van der Waals surface area contributed by atoms with E-state index >= 15 is 0 Å². The number of carbonyl (C=O) groups excluding carboxylic acids is 3. The van der Waals surface area contributed by atoms with E-state index in [2.05, 4.69) is 6.58 Å². The van der Waals surface area contributed by atoms with Gasteiger partial charge in [-0.25, -0.2) is 0 Å². The molecule has 1 unspecified atom stereocenters. The van der Waals surface area contributed by atoms with Crippen LogP contribution in [0.15, 0.2) is 53.0 Å². The van der Waals surface area contributed by atoms with E-state index in [0.717, 1.165) is 18.9 Å². The predicted molar refractivity (Wildman–Crippen MR) is 144 cm³/mol. The zero-order chi connectivity index (χ0) is 28.5. The van der Waals surface area contributed by atoms with Gasteiger partial charge in [0.05, 0.1) is 5.56 Å². The van der Waals surface area contributed by atoms with Gasteiger partial charge in [-0.2, -0.15) is 0 Å². The zero-order valence-electron chi connectivity index (χ0n) is 22.8. The molecule has 0 radical (unpaired) electrons. The second-order valence-electron chi connectivity index (χ2n) is 11.8. The first kappa shape index (κ1) is 27.6. The first-order valence-corrected chi connectivity index (χ1v) is 13.0. The first-order valence-electron chi connectivity index (χ1n) is 13.0. The lowest BCUT2D eigenvalue weighted by Crippen LogP contribution is -2.67. The molecule has 0 aromatic heterocycles. The molecule has 0 spiro atoms. The van der Waals surface area contributed by atoms with Crippen molar-refractivity contribution in [2.24, 2.45) is 22.7 Å². The second kappa shape index (κ2) is 8.80. The maximum absolute atomic E-state index is 14.0. The summed E-state index contributed by atoms with van der Waals surface area (Å²) in [5, 5.41) is 45.6. The van der Waals surface area contributed by atoms with Gasteiger partial charge in [0.25, 0.3) is 0 Å². The zero-order valence-corrected chi connectivity index (χ0v) is 22.8. The van der Waals surface area contributed by atoms with Gasteiger partial charge in [0.15, 0.2) is 17.2 Å². The Bertz CT molecular complexity index is 1390. The van der Waals surface area contributed by atoms with Crippen LogP contribution in [-0.4, -0.2) is 43.4 Å². The molecular formula is C31H36O7. The maximum atomic E-state index is 14.0. The fraction of sp³-hybridized carbons (Fsp3) is 0.452. The van der Waals surface area contributed by atoms with Crippen LogP contribution in [0.5, 0.6) is 5.75 Å². The lowest BCUT2D eigenvalue weighted by molar-refractivity contribution is -0.171. The summed E-state index contributed by atoms with van der Waals surface area (Å²) in [6, 6.07) is 3.12. The minimum atomic E-state index is -2.61.